The molecule has 0 aliphatic heterocycles. The number of carbonyl (C=O) groups is 1. The summed E-state index contributed by atoms with van der Waals surface area (Å²) < 4.78 is 1.43. The number of carboxylic acids is 1. The minimum absolute atomic E-state index is 0.413. The van der Waals surface area contributed by atoms with E-state index in [4.69, 9.17) is 5.11 Å². The minimum Gasteiger partial charge on any atom is -0.481 e. The molecule has 72 valence electrons. The second kappa shape index (κ2) is 3.06. The van der Waals surface area contributed by atoms with Crippen molar-refractivity contribution in [2.45, 2.75) is 12.8 Å². The van der Waals surface area contributed by atoms with Crippen molar-refractivity contribution in [3.63, 3.8) is 0 Å². The van der Waals surface area contributed by atoms with Gasteiger partial charge in [-0.1, -0.05) is 0 Å². The van der Waals surface area contributed by atoms with Crippen LogP contribution in [-0.2, 0) is 4.79 Å². The molecule has 2 rings (SSSR count). The lowest BCUT2D eigenvalue weighted by molar-refractivity contribution is -0.138. The zero-order valence-corrected chi connectivity index (χ0v) is 7.45. The Labute approximate surface area is 79.2 Å². The van der Waals surface area contributed by atoms with Gasteiger partial charge in [0.2, 0.25) is 0 Å². The van der Waals surface area contributed by atoms with Crippen LogP contribution in [-0.4, -0.2) is 30.7 Å². The third-order valence-corrected chi connectivity index (χ3v) is 2.00. The zero-order valence-electron chi connectivity index (χ0n) is 7.45. The lowest BCUT2D eigenvalue weighted by Crippen LogP contribution is -2.11. The molecule has 0 fully saturated rings. The van der Waals surface area contributed by atoms with Gasteiger partial charge in [-0.25, -0.2) is 14.5 Å². The molecule has 2 aromatic rings. The number of aliphatic carboxylic acids is 1. The molecule has 1 unspecified atom stereocenters. The fraction of sp³-hybridized carbons (Fsp3) is 0.250. The Hall–Kier alpha value is -1.98. The number of hydrogen-bond acceptors (Lipinski definition) is 4. The Balaban J connectivity index is 2.58. The van der Waals surface area contributed by atoms with E-state index >= 15 is 0 Å². The number of carboxylic acid groups (broad SMARTS) is 1. The second-order valence-electron chi connectivity index (χ2n) is 2.90. The molecule has 0 aliphatic carbocycles. The van der Waals surface area contributed by atoms with Crippen molar-refractivity contribution in [3.05, 3.63) is 24.3 Å². The van der Waals surface area contributed by atoms with Gasteiger partial charge in [0.05, 0.1) is 30.2 Å². The van der Waals surface area contributed by atoms with Gasteiger partial charge in [-0.05, 0) is 6.92 Å². The molecule has 14 heavy (non-hydrogen) atoms. The molecular weight excluding hydrogens is 184 g/mol. The van der Waals surface area contributed by atoms with Crippen LogP contribution in [0.1, 0.15) is 18.5 Å². The number of rotatable bonds is 2. The topological polar surface area (TPSA) is 80.4 Å². The number of imidazole rings is 1. The molecule has 0 amide bonds. The number of hydrogen-bond donors (Lipinski definition) is 1. The fourth-order valence-electron chi connectivity index (χ4n) is 1.17. The third-order valence-electron chi connectivity index (χ3n) is 2.00. The summed E-state index contributed by atoms with van der Waals surface area (Å²) in [5, 5.41) is 12.8. The smallest absolute Gasteiger partial charge is 0.312 e. The monoisotopic (exact) mass is 192 g/mol. The van der Waals surface area contributed by atoms with E-state index < -0.39 is 11.9 Å². The molecule has 0 aliphatic rings. The summed E-state index contributed by atoms with van der Waals surface area (Å²) in [5.74, 6) is -1.13. The number of nitrogens with zero attached hydrogens (tertiary/aromatic N) is 4. The predicted molar refractivity (Wildman–Crippen MR) is 46.8 cm³/mol. The van der Waals surface area contributed by atoms with Crippen LogP contribution in [0.2, 0.25) is 0 Å². The van der Waals surface area contributed by atoms with Gasteiger partial charge in [-0.15, -0.1) is 0 Å². The minimum atomic E-state index is -0.905. The molecule has 0 saturated heterocycles. The molecule has 0 spiro atoms. The van der Waals surface area contributed by atoms with Crippen LogP contribution >= 0.6 is 0 Å². The molecule has 2 aromatic heterocycles. The molecule has 0 saturated carbocycles. The lowest BCUT2D eigenvalue weighted by atomic mass is 10.1. The first-order valence-corrected chi connectivity index (χ1v) is 4.07. The molecule has 2 heterocycles. The zero-order chi connectivity index (χ0) is 10.1. The summed E-state index contributed by atoms with van der Waals surface area (Å²) in [6, 6.07) is 0. The van der Waals surface area contributed by atoms with Crippen molar-refractivity contribution in [1.29, 1.82) is 0 Å². The first-order valence-electron chi connectivity index (χ1n) is 4.07. The molecule has 0 radical (unpaired) electrons. The quantitative estimate of drug-likeness (QED) is 0.740. The first kappa shape index (κ1) is 8.61. The molecular formula is C8H8N4O2. The maximum atomic E-state index is 10.8. The van der Waals surface area contributed by atoms with E-state index in [1.54, 1.807) is 6.92 Å². The van der Waals surface area contributed by atoms with Gasteiger partial charge in [-0.2, -0.15) is 5.10 Å². The Bertz CT molecular complexity index is 479. The van der Waals surface area contributed by atoms with Gasteiger partial charge in [-0.3, -0.25) is 4.79 Å². The van der Waals surface area contributed by atoms with E-state index in [1.165, 1.54) is 23.1 Å². The second-order valence-corrected chi connectivity index (χ2v) is 2.90. The van der Waals surface area contributed by atoms with Crippen molar-refractivity contribution in [2.75, 3.05) is 0 Å². The van der Waals surface area contributed by atoms with E-state index in [0.29, 0.717) is 11.5 Å². The highest BCUT2D eigenvalue weighted by molar-refractivity contribution is 5.75. The lowest BCUT2D eigenvalue weighted by Gasteiger charge is -2.03. The molecule has 1 N–H and O–H groups in total. The molecule has 1 atom stereocenters. The summed E-state index contributed by atoms with van der Waals surface area (Å²) in [5.41, 5.74) is 0.528. The fourth-order valence-corrected chi connectivity index (χ4v) is 1.17. The largest absolute Gasteiger partial charge is 0.481 e. The summed E-state index contributed by atoms with van der Waals surface area (Å²) >= 11 is 0. The molecule has 6 nitrogen and oxygen atoms in total. The van der Waals surface area contributed by atoms with E-state index in [1.807, 2.05) is 0 Å². The summed E-state index contributed by atoms with van der Waals surface area (Å²) in [6.07, 6.45) is 4.48. The molecule has 0 bridgehead atoms. The maximum absolute atomic E-state index is 10.8. The van der Waals surface area contributed by atoms with E-state index in [0.717, 1.165) is 0 Å². The van der Waals surface area contributed by atoms with Crippen molar-refractivity contribution < 1.29 is 9.90 Å². The van der Waals surface area contributed by atoms with Crippen molar-refractivity contribution in [1.82, 2.24) is 19.6 Å². The predicted octanol–water partition coefficient (Wildman–Crippen LogP) is 0.312. The normalized spacial score (nSPS) is 12.9. The van der Waals surface area contributed by atoms with Crippen LogP contribution in [0.3, 0.4) is 0 Å². The Morgan fingerprint density at radius 3 is 3.00 bits per heavy atom. The summed E-state index contributed by atoms with van der Waals surface area (Å²) in [7, 11) is 0. The summed E-state index contributed by atoms with van der Waals surface area (Å²) in [6.45, 7) is 1.58. The van der Waals surface area contributed by atoms with Crippen molar-refractivity contribution >= 4 is 11.7 Å². The van der Waals surface area contributed by atoms with Crippen LogP contribution < -0.4 is 0 Å². The van der Waals surface area contributed by atoms with Crippen LogP contribution in [0.5, 0.6) is 0 Å². The average Bonchev–Trinajstić information content (AvgIpc) is 2.60. The van der Waals surface area contributed by atoms with Crippen LogP contribution in [0.25, 0.3) is 5.78 Å². The Kier molecular flexibility index (Phi) is 1.88. The van der Waals surface area contributed by atoms with Gasteiger partial charge in [0.1, 0.15) is 0 Å². The van der Waals surface area contributed by atoms with E-state index in [-0.39, 0.29) is 0 Å². The highest BCUT2D eigenvalue weighted by Gasteiger charge is 2.18. The first-order chi connectivity index (χ1) is 6.70. The highest BCUT2D eigenvalue weighted by Crippen LogP contribution is 2.14. The van der Waals surface area contributed by atoms with E-state index in [2.05, 4.69) is 15.1 Å². The van der Waals surface area contributed by atoms with Crippen molar-refractivity contribution in [3.8, 4) is 0 Å². The van der Waals surface area contributed by atoms with Crippen LogP contribution in [0, 0.1) is 0 Å². The molecule has 6 heteroatoms. The van der Waals surface area contributed by atoms with Gasteiger partial charge >= 0.3 is 5.97 Å². The van der Waals surface area contributed by atoms with Crippen molar-refractivity contribution in [2.24, 2.45) is 0 Å². The van der Waals surface area contributed by atoms with Gasteiger partial charge in [0.25, 0.3) is 5.78 Å². The third kappa shape index (κ3) is 1.20. The maximum Gasteiger partial charge on any atom is 0.312 e. The highest BCUT2D eigenvalue weighted by atomic mass is 16.4. The number of fused-ring (bicyclic) bond motifs is 1. The number of aromatic nitrogens is 4. The summed E-state index contributed by atoms with van der Waals surface area (Å²) in [4.78, 5) is 18.6. The van der Waals surface area contributed by atoms with Gasteiger partial charge in [0.15, 0.2) is 0 Å². The van der Waals surface area contributed by atoms with Crippen LogP contribution in [0.4, 0.5) is 0 Å². The standard InChI is InChI=1S/C8H8N4O2/c1-5(7(13)14)6-4-10-8-9-2-3-11-12(6)8/h2-5H,1H3,(H,13,14). The van der Waals surface area contributed by atoms with E-state index in [9.17, 15) is 4.79 Å². The Morgan fingerprint density at radius 2 is 2.29 bits per heavy atom. The molecule has 0 aromatic carbocycles. The van der Waals surface area contributed by atoms with Gasteiger partial charge in [0, 0.05) is 0 Å². The SMILES string of the molecule is CC(C(=O)O)c1cnc2nccnn12. The van der Waals surface area contributed by atoms with Crippen LogP contribution in [0.15, 0.2) is 18.6 Å². The van der Waals surface area contributed by atoms with Gasteiger partial charge < -0.3 is 5.11 Å². The Morgan fingerprint density at radius 1 is 1.50 bits per heavy atom. The average molecular weight is 192 g/mol.